The van der Waals surface area contributed by atoms with Gasteiger partial charge in [0.25, 0.3) is 0 Å². The van der Waals surface area contributed by atoms with Gasteiger partial charge in [-0.05, 0) is 89.2 Å². The normalized spacial score (nSPS) is 12.9. The molecule has 1 aliphatic rings. The summed E-state index contributed by atoms with van der Waals surface area (Å²) in [6.45, 7) is 12.4. The first-order valence-electron chi connectivity index (χ1n) is 15.5. The summed E-state index contributed by atoms with van der Waals surface area (Å²) in [4.78, 5) is 48.5. The zero-order valence-electron chi connectivity index (χ0n) is 26.7. The lowest BCUT2D eigenvalue weighted by molar-refractivity contribution is 0.0916. The number of likely N-dealkylation sites (tertiary alicyclic amines) is 1. The number of piperidine rings is 1. The van der Waals surface area contributed by atoms with Crippen LogP contribution in [0.5, 0.6) is 0 Å². The highest BCUT2D eigenvalue weighted by molar-refractivity contribution is 6.32. The van der Waals surface area contributed by atoms with Gasteiger partial charge in [-0.25, -0.2) is 0 Å². The molecular formula is C35H42ClN7O2. The summed E-state index contributed by atoms with van der Waals surface area (Å²) in [5.41, 5.74) is 9.77. The molecule has 0 aliphatic carbocycles. The van der Waals surface area contributed by atoms with Crippen LogP contribution in [-0.2, 0) is 0 Å². The van der Waals surface area contributed by atoms with Gasteiger partial charge >= 0.3 is 0 Å². The first-order valence-corrected chi connectivity index (χ1v) is 16.0. The molecule has 1 aliphatic heterocycles. The molecule has 0 spiro atoms. The Morgan fingerprint density at radius 1 is 0.733 bits per heavy atom. The number of fused-ring (bicyclic) bond motifs is 3. The monoisotopic (exact) mass is 627 g/mol. The number of aromatic nitrogens is 6. The van der Waals surface area contributed by atoms with Crippen molar-refractivity contribution >= 4 is 56.3 Å². The number of rotatable bonds is 5. The van der Waals surface area contributed by atoms with Gasteiger partial charge in [-0.1, -0.05) is 20.3 Å². The minimum atomic E-state index is -0.0888. The fraction of sp³-hybridized carbons (Fsp3) is 0.343. The highest BCUT2D eigenvalue weighted by Crippen LogP contribution is 2.22. The number of carbonyl (C=O) groups excluding carboxylic acids is 2. The van der Waals surface area contributed by atoms with Gasteiger partial charge in [-0.3, -0.25) is 29.4 Å². The number of nitrogens with one attached hydrogen (secondary N) is 3. The number of halogens is 1. The van der Waals surface area contributed by atoms with Crippen molar-refractivity contribution in [3.63, 3.8) is 0 Å². The Balaban J connectivity index is 0.000000156. The molecule has 1 fully saturated rings. The van der Waals surface area contributed by atoms with Gasteiger partial charge in [0.2, 0.25) is 0 Å². The third-order valence-corrected chi connectivity index (χ3v) is 7.74. The van der Waals surface area contributed by atoms with Crippen LogP contribution in [0.15, 0.2) is 61.1 Å². The van der Waals surface area contributed by atoms with E-state index in [1.165, 1.54) is 19.3 Å². The summed E-state index contributed by atoms with van der Waals surface area (Å²) in [6.07, 6.45) is 8.92. The van der Waals surface area contributed by atoms with Gasteiger partial charge < -0.3 is 15.0 Å². The summed E-state index contributed by atoms with van der Waals surface area (Å²) in [5, 5.41) is 0. The minimum absolute atomic E-state index is 0.00956. The Morgan fingerprint density at radius 3 is 1.78 bits per heavy atom. The van der Waals surface area contributed by atoms with Crippen molar-refractivity contribution in [1.82, 2.24) is 34.8 Å². The van der Waals surface area contributed by atoms with Crippen LogP contribution >= 0.6 is 11.6 Å². The van der Waals surface area contributed by atoms with Crippen molar-refractivity contribution in [2.75, 3.05) is 25.5 Å². The maximum Gasteiger partial charge on any atom is 0.181 e. The number of Topliss-reactive ketones (excluding diaryl/α,β-unsaturated/α-hetero) is 2. The van der Waals surface area contributed by atoms with E-state index in [1.807, 2.05) is 77.1 Å². The van der Waals surface area contributed by atoms with Crippen LogP contribution in [0.1, 0.15) is 70.9 Å². The third-order valence-electron chi connectivity index (χ3n) is 7.50. The lowest BCUT2D eigenvalue weighted by Crippen LogP contribution is -2.34. The number of ketones is 2. The lowest BCUT2D eigenvalue weighted by Gasteiger charge is -2.25. The zero-order valence-corrected chi connectivity index (χ0v) is 27.5. The van der Waals surface area contributed by atoms with Crippen LogP contribution in [0.25, 0.3) is 33.1 Å². The molecule has 6 aromatic rings. The van der Waals surface area contributed by atoms with Crippen molar-refractivity contribution in [2.24, 2.45) is 0 Å². The number of aromatic amines is 3. The second kappa shape index (κ2) is 16.1. The van der Waals surface area contributed by atoms with E-state index >= 15 is 0 Å². The van der Waals surface area contributed by atoms with Crippen LogP contribution < -0.4 is 0 Å². The summed E-state index contributed by atoms with van der Waals surface area (Å²) in [6, 6.07) is 13.6. The molecule has 0 bridgehead atoms. The van der Waals surface area contributed by atoms with Crippen LogP contribution in [0.3, 0.4) is 0 Å². The SMILES string of the molecule is CC.Cc1[nH]c2cccnc2c1C(=O)CCl.Cc1[nH]c2cccnc2c1C(=O)CN1CCCCC1.Cc1cc2ncccc2[nH]1. The number of hydrogen-bond acceptors (Lipinski definition) is 6. The van der Waals surface area contributed by atoms with E-state index in [2.05, 4.69) is 34.8 Å². The standard InChI is InChI=1S/C15H19N3O.C10H9ClN2O.C8H8N2.C2H6/c1-11-14(15-12(17-11)6-5-7-16-15)13(19)10-18-8-3-2-4-9-18;1-6-9(8(14)5-11)10-7(13-6)3-2-4-12-10;1-6-5-8-7(10-6)3-2-4-9-8;1-2/h5-7,17H,2-4,8-10H2,1H3;2-4,13H,5H2,1H3;2-5,10H,1H3;1-2H3. The Bertz CT molecular complexity index is 1830. The first-order chi connectivity index (χ1) is 21.9. The minimum Gasteiger partial charge on any atom is -0.357 e. The van der Waals surface area contributed by atoms with Gasteiger partial charge in [-0.15, -0.1) is 11.6 Å². The molecule has 3 N–H and O–H groups in total. The number of hydrogen-bond donors (Lipinski definition) is 3. The van der Waals surface area contributed by atoms with Crippen molar-refractivity contribution in [3.05, 3.63) is 89.3 Å². The molecule has 10 heteroatoms. The van der Waals surface area contributed by atoms with E-state index in [0.29, 0.717) is 17.6 Å². The predicted molar refractivity (Wildman–Crippen MR) is 184 cm³/mol. The molecule has 1 saturated heterocycles. The number of alkyl halides is 1. The van der Waals surface area contributed by atoms with Crippen LogP contribution in [0.4, 0.5) is 0 Å². The molecule has 0 amide bonds. The van der Waals surface area contributed by atoms with Gasteiger partial charge in [-0.2, -0.15) is 0 Å². The molecule has 0 unspecified atom stereocenters. The van der Waals surface area contributed by atoms with Gasteiger partial charge in [0.15, 0.2) is 11.6 Å². The van der Waals surface area contributed by atoms with E-state index in [-0.39, 0.29) is 17.4 Å². The van der Waals surface area contributed by atoms with Crippen molar-refractivity contribution in [1.29, 1.82) is 0 Å². The van der Waals surface area contributed by atoms with E-state index in [1.54, 1.807) is 18.6 Å². The Kier molecular flexibility index (Phi) is 12.0. The number of nitrogens with zero attached hydrogens (tertiary/aromatic N) is 4. The van der Waals surface area contributed by atoms with Crippen molar-refractivity contribution in [3.8, 4) is 0 Å². The topological polar surface area (TPSA) is 123 Å². The smallest absolute Gasteiger partial charge is 0.181 e. The number of H-pyrrole nitrogens is 3. The second-order valence-electron chi connectivity index (χ2n) is 10.8. The Labute approximate surface area is 268 Å². The average Bonchev–Trinajstić information content (AvgIpc) is 3.72. The fourth-order valence-corrected chi connectivity index (χ4v) is 5.67. The fourth-order valence-electron chi connectivity index (χ4n) is 5.54. The Morgan fingerprint density at radius 2 is 1.24 bits per heavy atom. The predicted octanol–water partition coefficient (Wildman–Crippen LogP) is 7.73. The molecule has 236 valence electrons. The third kappa shape index (κ3) is 8.23. The summed E-state index contributed by atoms with van der Waals surface area (Å²) in [5.74, 6) is 0.0862. The molecule has 0 aromatic carbocycles. The number of carbonyl (C=O) groups is 2. The van der Waals surface area contributed by atoms with Crippen molar-refractivity contribution in [2.45, 2.75) is 53.9 Å². The highest BCUT2D eigenvalue weighted by atomic mass is 35.5. The second-order valence-corrected chi connectivity index (χ2v) is 11.0. The highest BCUT2D eigenvalue weighted by Gasteiger charge is 2.20. The first kappa shape index (κ1) is 33.6. The summed E-state index contributed by atoms with van der Waals surface area (Å²) < 4.78 is 0. The van der Waals surface area contributed by atoms with E-state index in [0.717, 1.165) is 63.3 Å². The number of aryl methyl sites for hydroxylation is 3. The van der Waals surface area contributed by atoms with Crippen LogP contribution in [0.2, 0.25) is 0 Å². The summed E-state index contributed by atoms with van der Waals surface area (Å²) >= 11 is 5.52. The molecule has 0 atom stereocenters. The molecular weight excluding hydrogens is 586 g/mol. The van der Waals surface area contributed by atoms with Crippen molar-refractivity contribution < 1.29 is 9.59 Å². The maximum absolute atomic E-state index is 12.5. The average molecular weight is 628 g/mol. The summed E-state index contributed by atoms with van der Waals surface area (Å²) in [7, 11) is 0. The van der Waals surface area contributed by atoms with Crippen LogP contribution in [0, 0.1) is 20.8 Å². The molecule has 0 radical (unpaired) electrons. The zero-order chi connectivity index (χ0) is 32.3. The molecule has 7 heterocycles. The molecule has 0 saturated carbocycles. The van der Waals surface area contributed by atoms with E-state index < -0.39 is 0 Å². The molecule has 7 rings (SSSR count). The Hall–Kier alpha value is -4.34. The van der Waals surface area contributed by atoms with E-state index in [4.69, 9.17) is 11.6 Å². The van der Waals surface area contributed by atoms with Gasteiger partial charge in [0, 0.05) is 35.7 Å². The molecule has 6 aromatic heterocycles. The van der Waals surface area contributed by atoms with Gasteiger partial charge in [0.05, 0.1) is 56.7 Å². The largest absolute Gasteiger partial charge is 0.357 e. The number of pyridine rings is 3. The maximum atomic E-state index is 12.5. The molecule has 9 nitrogen and oxygen atoms in total. The lowest BCUT2D eigenvalue weighted by atomic mass is 10.1. The van der Waals surface area contributed by atoms with E-state index in [9.17, 15) is 9.59 Å². The molecule has 45 heavy (non-hydrogen) atoms. The quantitative estimate of drug-likeness (QED) is 0.133. The van der Waals surface area contributed by atoms with Gasteiger partial charge in [0.1, 0.15) is 0 Å². The van der Waals surface area contributed by atoms with Crippen LogP contribution in [-0.4, -0.2) is 71.9 Å².